The summed E-state index contributed by atoms with van der Waals surface area (Å²) in [5, 5.41) is 9.81. The summed E-state index contributed by atoms with van der Waals surface area (Å²) in [7, 11) is 0. The van der Waals surface area contributed by atoms with Gasteiger partial charge in [0.05, 0.1) is 12.7 Å². The zero-order chi connectivity index (χ0) is 13.5. The van der Waals surface area contributed by atoms with Crippen LogP contribution in [0.4, 0.5) is 0 Å². The lowest BCUT2D eigenvalue weighted by atomic mass is 10.3. The quantitative estimate of drug-likeness (QED) is 0.812. The highest BCUT2D eigenvalue weighted by atomic mass is 16.5. The molecular weight excluding hydrogens is 242 g/mol. The monoisotopic (exact) mass is 265 g/mol. The summed E-state index contributed by atoms with van der Waals surface area (Å²) < 4.78 is 11.1. The number of benzene rings is 1. The van der Waals surface area contributed by atoms with Crippen LogP contribution >= 0.6 is 0 Å². The van der Waals surface area contributed by atoms with Gasteiger partial charge in [0.2, 0.25) is 0 Å². The van der Waals surface area contributed by atoms with Crippen molar-refractivity contribution in [2.75, 3.05) is 32.8 Å². The van der Waals surface area contributed by atoms with Crippen LogP contribution in [-0.4, -0.2) is 55.1 Å². The number of nitrogens with zero attached hydrogens (tertiary/aromatic N) is 1. The third-order valence-corrected chi connectivity index (χ3v) is 3.26. The van der Waals surface area contributed by atoms with Crippen LogP contribution in [0.1, 0.15) is 13.3 Å². The van der Waals surface area contributed by atoms with Crippen molar-refractivity contribution < 1.29 is 14.6 Å². The molecule has 19 heavy (non-hydrogen) atoms. The van der Waals surface area contributed by atoms with Crippen LogP contribution in [0.3, 0.4) is 0 Å². The van der Waals surface area contributed by atoms with Gasteiger partial charge in [-0.1, -0.05) is 18.2 Å². The van der Waals surface area contributed by atoms with Crippen molar-refractivity contribution >= 4 is 0 Å². The number of likely N-dealkylation sites (tertiary alicyclic amines) is 1. The van der Waals surface area contributed by atoms with E-state index in [2.05, 4.69) is 4.90 Å². The second-order valence-corrected chi connectivity index (χ2v) is 4.91. The molecule has 0 aliphatic carbocycles. The van der Waals surface area contributed by atoms with Gasteiger partial charge in [0.1, 0.15) is 11.9 Å². The maximum atomic E-state index is 9.81. The first-order valence-electron chi connectivity index (χ1n) is 6.97. The van der Waals surface area contributed by atoms with Crippen LogP contribution in [0.2, 0.25) is 0 Å². The summed E-state index contributed by atoms with van der Waals surface area (Å²) in [6.07, 6.45) is 0.827. The molecule has 1 aliphatic rings. The highest BCUT2D eigenvalue weighted by Crippen LogP contribution is 2.18. The van der Waals surface area contributed by atoms with Crippen LogP contribution < -0.4 is 4.74 Å². The van der Waals surface area contributed by atoms with Crippen LogP contribution in [0.25, 0.3) is 0 Å². The lowest BCUT2D eigenvalue weighted by molar-refractivity contribution is 0.0236. The van der Waals surface area contributed by atoms with E-state index in [-0.39, 0.29) is 6.10 Å². The van der Waals surface area contributed by atoms with E-state index >= 15 is 0 Å². The second-order valence-electron chi connectivity index (χ2n) is 4.91. The van der Waals surface area contributed by atoms with Gasteiger partial charge in [0.15, 0.2) is 0 Å². The molecule has 4 heteroatoms. The molecule has 0 spiro atoms. The normalized spacial score (nSPS) is 21.5. The first kappa shape index (κ1) is 14.3. The fourth-order valence-corrected chi connectivity index (χ4v) is 2.36. The van der Waals surface area contributed by atoms with Crippen LogP contribution in [0.5, 0.6) is 5.75 Å². The highest BCUT2D eigenvalue weighted by molar-refractivity contribution is 5.21. The number of ether oxygens (including phenoxy) is 2. The Bertz CT molecular complexity index is 358. The van der Waals surface area contributed by atoms with Crippen molar-refractivity contribution in [2.45, 2.75) is 25.6 Å². The van der Waals surface area contributed by atoms with Crippen LogP contribution in [0.15, 0.2) is 30.3 Å². The number of rotatable bonds is 7. The maximum Gasteiger partial charge on any atom is 0.119 e. The minimum absolute atomic E-state index is 0.224. The van der Waals surface area contributed by atoms with Crippen molar-refractivity contribution in [1.29, 1.82) is 0 Å². The molecule has 1 aromatic rings. The first-order valence-corrected chi connectivity index (χ1v) is 6.97. The largest absolute Gasteiger partial charge is 0.489 e. The Morgan fingerprint density at radius 3 is 2.89 bits per heavy atom. The molecule has 0 unspecified atom stereocenters. The lowest BCUT2D eigenvalue weighted by Crippen LogP contribution is -2.34. The predicted octanol–water partition coefficient (Wildman–Crippen LogP) is 1.54. The number of hydrogen-bond acceptors (Lipinski definition) is 4. The molecule has 1 aromatic carbocycles. The summed E-state index contributed by atoms with van der Waals surface area (Å²) in [5.74, 6) is 0.921. The Balaban J connectivity index is 1.71. The molecule has 1 fully saturated rings. The van der Waals surface area contributed by atoms with E-state index in [1.807, 2.05) is 37.3 Å². The summed E-state index contributed by atoms with van der Waals surface area (Å²) in [6.45, 7) is 5.51. The third-order valence-electron chi connectivity index (χ3n) is 3.26. The molecule has 4 nitrogen and oxygen atoms in total. The molecule has 0 aromatic heterocycles. The number of hydrogen-bond donors (Lipinski definition) is 1. The lowest BCUT2D eigenvalue weighted by Gasteiger charge is -2.20. The molecule has 1 N–H and O–H groups in total. The minimum atomic E-state index is -0.407. The number of β-amino-alcohol motifs (C(OH)–C–C–N with tert-alkyl or cyclic N) is 1. The Kier molecular flexibility index (Phi) is 5.63. The van der Waals surface area contributed by atoms with E-state index in [4.69, 9.17) is 9.47 Å². The van der Waals surface area contributed by atoms with Gasteiger partial charge in [-0.3, -0.25) is 4.90 Å². The average molecular weight is 265 g/mol. The van der Waals surface area contributed by atoms with Crippen molar-refractivity contribution in [3.8, 4) is 5.75 Å². The Morgan fingerprint density at radius 1 is 1.37 bits per heavy atom. The van der Waals surface area contributed by atoms with Crippen LogP contribution in [0, 0.1) is 0 Å². The molecule has 1 saturated heterocycles. The Hall–Kier alpha value is -1.10. The topological polar surface area (TPSA) is 41.9 Å². The van der Waals surface area contributed by atoms with Gasteiger partial charge in [0.25, 0.3) is 0 Å². The smallest absolute Gasteiger partial charge is 0.119 e. The van der Waals surface area contributed by atoms with E-state index in [0.29, 0.717) is 19.8 Å². The summed E-state index contributed by atoms with van der Waals surface area (Å²) in [6, 6.07) is 9.90. The van der Waals surface area contributed by atoms with Gasteiger partial charge in [-0.2, -0.15) is 0 Å². The molecule has 106 valence electrons. The zero-order valence-corrected chi connectivity index (χ0v) is 11.5. The van der Waals surface area contributed by atoms with Crippen molar-refractivity contribution in [3.63, 3.8) is 0 Å². The SMILES string of the molecule is CCOC[C@H](O)CN1CC[C@@H](Oc2ccccc2)C1. The van der Waals surface area contributed by atoms with Crippen molar-refractivity contribution in [1.82, 2.24) is 4.90 Å². The van der Waals surface area contributed by atoms with Gasteiger partial charge < -0.3 is 14.6 Å². The Morgan fingerprint density at radius 2 is 2.16 bits per heavy atom. The van der Waals surface area contributed by atoms with Gasteiger partial charge in [-0.05, 0) is 25.5 Å². The highest BCUT2D eigenvalue weighted by Gasteiger charge is 2.25. The molecule has 1 heterocycles. The maximum absolute atomic E-state index is 9.81. The first-order chi connectivity index (χ1) is 9.28. The van der Waals surface area contributed by atoms with E-state index in [1.165, 1.54) is 0 Å². The summed E-state index contributed by atoms with van der Waals surface area (Å²) >= 11 is 0. The third kappa shape index (κ3) is 4.82. The second kappa shape index (κ2) is 7.48. The standard InChI is InChI=1S/C15H23NO3/c1-2-18-12-13(17)10-16-9-8-15(11-16)19-14-6-4-3-5-7-14/h3-7,13,15,17H,2,8-12H2,1H3/t13-,15-/m1/s1. The molecule has 0 radical (unpaired) electrons. The van der Waals surface area contributed by atoms with E-state index < -0.39 is 6.10 Å². The number of aliphatic hydroxyl groups excluding tert-OH is 1. The van der Waals surface area contributed by atoms with Gasteiger partial charge in [-0.15, -0.1) is 0 Å². The average Bonchev–Trinajstić information content (AvgIpc) is 2.85. The molecular formula is C15H23NO3. The zero-order valence-electron chi connectivity index (χ0n) is 11.5. The van der Waals surface area contributed by atoms with E-state index in [0.717, 1.165) is 25.3 Å². The molecule has 0 bridgehead atoms. The van der Waals surface area contributed by atoms with Crippen molar-refractivity contribution in [3.05, 3.63) is 30.3 Å². The fraction of sp³-hybridized carbons (Fsp3) is 0.600. The molecule has 0 saturated carbocycles. The number of aliphatic hydroxyl groups is 1. The molecule has 1 aliphatic heterocycles. The van der Waals surface area contributed by atoms with Crippen LogP contribution in [-0.2, 0) is 4.74 Å². The molecule has 2 rings (SSSR count). The van der Waals surface area contributed by atoms with Crippen molar-refractivity contribution in [2.24, 2.45) is 0 Å². The van der Waals surface area contributed by atoms with E-state index in [1.54, 1.807) is 0 Å². The molecule has 2 atom stereocenters. The van der Waals surface area contributed by atoms with E-state index in [9.17, 15) is 5.11 Å². The van der Waals surface area contributed by atoms with Gasteiger partial charge >= 0.3 is 0 Å². The minimum Gasteiger partial charge on any atom is -0.489 e. The fourth-order valence-electron chi connectivity index (χ4n) is 2.36. The summed E-state index contributed by atoms with van der Waals surface area (Å²) in [5.41, 5.74) is 0. The number of para-hydroxylation sites is 1. The van der Waals surface area contributed by atoms with Gasteiger partial charge in [0, 0.05) is 26.2 Å². The summed E-state index contributed by atoms with van der Waals surface area (Å²) in [4.78, 5) is 2.23. The predicted molar refractivity (Wildman–Crippen MR) is 74.4 cm³/mol. The Labute approximate surface area is 114 Å². The van der Waals surface area contributed by atoms with Gasteiger partial charge in [-0.25, -0.2) is 0 Å². The molecule has 0 amide bonds.